The number of hydrogen-bond acceptors (Lipinski definition) is 8. The summed E-state index contributed by atoms with van der Waals surface area (Å²) in [4.78, 5) is 29.1. The van der Waals surface area contributed by atoms with Crippen molar-refractivity contribution in [1.29, 1.82) is 0 Å². The Morgan fingerprint density at radius 2 is 1.10 bits per heavy atom. The van der Waals surface area contributed by atoms with Crippen LogP contribution < -0.4 is 0 Å². The van der Waals surface area contributed by atoms with Gasteiger partial charge in [-0.05, 0) is 24.3 Å². The highest BCUT2D eigenvalue weighted by Gasteiger charge is 2.10. The summed E-state index contributed by atoms with van der Waals surface area (Å²) < 4.78 is 0. The van der Waals surface area contributed by atoms with E-state index in [4.69, 9.17) is 0 Å². The Morgan fingerprint density at radius 3 is 1.47 bits per heavy atom. The molecule has 3 aromatic rings. The first kappa shape index (κ1) is 20.1. The van der Waals surface area contributed by atoms with Gasteiger partial charge in [-0.15, -0.1) is 0 Å². The fourth-order valence-electron chi connectivity index (χ4n) is 2.48. The Labute approximate surface area is 169 Å². The molecular weight excluding hydrogens is 392 g/mol. The lowest BCUT2D eigenvalue weighted by atomic mass is 10.2. The van der Waals surface area contributed by atoms with Crippen molar-refractivity contribution in [1.82, 2.24) is 0 Å². The molecule has 0 atom stereocenters. The number of para-hydroxylation sites is 2. The Kier molecular flexibility index (Phi) is 5.78. The molecule has 0 bridgehead atoms. The maximum Gasteiger partial charge on any atom is 0.270 e. The van der Waals surface area contributed by atoms with E-state index in [1.165, 1.54) is 48.8 Å². The van der Waals surface area contributed by atoms with Crippen molar-refractivity contribution in [2.45, 2.75) is 0 Å². The Morgan fingerprint density at radius 1 is 0.700 bits per heavy atom. The number of rotatable bonds is 6. The topological polar surface area (TPSA) is 151 Å². The van der Waals surface area contributed by atoms with E-state index in [1.807, 2.05) is 0 Å². The number of non-ortho nitro benzene ring substituents is 2. The number of nitro benzene ring substituents is 2. The van der Waals surface area contributed by atoms with Crippen LogP contribution in [0.2, 0.25) is 0 Å². The fourth-order valence-corrected chi connectivity index (χ4v) is 2.48. The molecule has 0 saturated carbocycles. The predicted molar refractivity (Wildman–Crippen MR) is 110 cm³/mol. The van der Waals surface area contributed by atoms with Crippen LogP contribution in [-0.4, -0.2) is 32.5 Å². The molecule has 0 heterocycles. The first-order valence-corrected chi connectivity index (χ1v) is 8.47. The lowest BCUT2D eigenvalue weighted by molar-refractivity contribution is -0.385. The molecule has 10 heteroatoms. The minimum Gasteiger partial charge on any atom is -0.507 e. The van der Waals surface area contributed by atoms with Crippen LogP contribution in [0.3, 0.4) is 0 Å². The zero-order valence-corrected chi connectivity index (χ0v) is 15.2. The standard InChI is InChI=1S/C20H14N4O6/c25-19-7-5-15(23(27)28)9-13(19)11-21-17-3-1-2-4-18(17)22-12-14-10-16(24(29)30)6-8-20(14)26/h1-12,25-26H. The summed E-state index contributed by atoms with van der Waals surface area (Å²) >= 11 is 0. The molecular formula is C20H14N4O6. The summed E-state index contributed by atoms with van der Waals surface area (Å²) in [6.07, 6.45) is 2.53. The number of aromatic hydroxyl groups is 2. The van der Waals surface area contributed by atoms with Gasteiger partial charge in [0.15, 0.2) is 0 Å². The van der Waals surface area contributed by atoms with Gasteiger partial charge in [0.05, 0.1) is 21.2 Å². The summed E-state index contributed by atoms with van der Waals surface area (Å²) in [6, 6.07) is 13.8. The second-order valence-electron chi connectivity index (χ2n) is 6.01. The van der Waals surface area contributed by atoms with Crippen LogP contribution in [0.4, 0.5) is 22.7 Å². The van der Waals surface area contributed by atoms with Crippen molar-refractivity contribution in [3.63, 3.8) is 0 Å². The average molecular weight is 406 g/mol. The zero-order valence-electron chi connectivity index (χ0n) is 15.2. The van der Waals surface area contributed by atoms with E-state index in [-0.39, 0.29) is 34.0 Å². The molecule has 0 amide bonds. The number of nitro groups is 2. The molecule has 0 aliphatic rings. The highest BCUT2D eigenvalue weighted by atomic mass is 16.6. The van der Waals surface area contributed by atoms with E-state index in [0.717, 1.165) is 0 Å². The Balaban J connectivity index is 1.93. The van der Waals surface area contributed by atoms with Crippen LogP contribution in [0.1, 0.15) is 11.1 Å². The maximum absolute atomic E-state index is 10.9. The summed E-state index contributed by atoms with van der Waals surface area (Å²) in [5, 5.41) is 41.6. The van der Waals surface area contributed by atoms with Crippen molar-refractivity contribution in [2.24, 2.45) is 9.98 Å². The SMILES string of the molecule is O=[N+]([O-])c1ccc(O)c(C=Nc2ccccc2N=Cc2cc([N+](=O)[O-])ccc2O)c1. The van der Waals surface area contributed by atoms with Gasteiger partial charge < -0.3 is 10.2 Å². The van der Waals surface area contributed by atoms with Gasteiger partial charge >= 0.3 is 0 Å². The number of phenols is 2. The molecule has 3 rings (SSSR count). The smallest absolute Gasteiger partial charge is 0.270 e. The first-order valence-electron chi connectivity index (χ1n) is 8.47. The van der Waals surface area contributed by atoms with Crippen LogP contribution in [0.25, 0.3) is 0 Å². The van der Waals surface area contributed by atoms with Crippen LogP contribution in [0.15, 0.2) is 70.6 Å². The average Bonchev–Trinajstić information content (AvgIpc) is 2.72. The molecule has 2 N–H and O–H groups in total. The molecule has 0 aliphatic heterocycles. The van der Waals surface area contributed by atoms with Gasteiger partial charge in [0.2, 0.25) is 0 Å². The zero-order chi connectivity index (χ0) is 21.7. The summed E-state index contributed by atoms with van der Waals surface area (Å²) in [6.45, 7) is 0. The van der Waals surface area contributed by atoms with E-state index >= 15 is 0 Å². The fraction of sp³-hybridized carbons (Fsp3) is 0. The molecule has 30 heavy (non-hydrogen) atoms. The van der Waals surface area contributed by atoms with Crippen molar-refractivity contribution in [3.8, 4) is 11.5 Å². The van der Waals surface area contributed by atoms with Crippen LogP contribution in [-0.2, 0) is 0 Å². The van der Waals surface area contributed by atoms with Gasteiger partial charge in [-0.2, -0.15) is 0 Å². The quantitative estimate of drug-likeness (QED) is 0.351. The van der Waals surface area contributed by atoms with E-state index < -0.39 is 9.85 Å². The van der Waals surface area contributed by atoms with Gasteiger partial charge in [0.25, 0.3) is 11.4 Å². The third-order valence-electron chi connectivity index (χ3n) is 4.01. The first-order chi connectivity index (χ1) is 14.3. The monoisotopic (exact) mass is 406 g/mol. The third kappa shape index (κ3) is 4.62. The maximum atomic E-state index is 10.9. The van der Waals surface area contributed by atoms with Crippen molar-refractivity contribution < 1.29 is 20.1 Å². The lowest BCUT2D eigenvalue weighted by Crippen LogP contribution is -1.90. The number of hydrogen-bond donors (Lipinski definition) is 2. The van der Waals surface area contributed by atoms with E-state index in [0.29, 0.717) is 11.4 Å². The molecule has 0 unspecified atom stereocenters. The van der Waals surface area contributed by atoms with Crippen molar-refractivity contribution >= 4 is 35.2 Å². The van der Waals surface area contributed by atoms with Gasteiger partial charge in [-0.1, -0.05) is 12.1 Å². The lowest BCUT2D eigenvalue weighted by Gasteiger charge is -2.02. The molecule has 150 valence electrons. The highest BCUT2D eigenvalue weighted by Crippen LogP contribution is 2.29. The number of nitrogens with zero attached hydrogens (tertiary/aromatic N) is 4. The van der Waals surface area contributed by atoms with Gasteiger partial charge in [0.1, 0.15) is 11.5 Å². The third-order valence-corrected chi connectivity index (χ3v) is 4.01. The molecule has 10 nitrogen and oxygen atoms in total. The van der Waals surface area contributed by atoms with Gasteiger partial charge in [-0.25, -0.2) is 0 Å². The molecule has 0 radical (unpaired) electrons. The number of benzene rings is 3. The Bertz CT molecular complexity index is 1100. The minimum atomic E-state index is -0.583. The predicted octanol–water partition coefficient (Wildman–Crippen LogP) is 4.42. The number of phenolic OH excluding ortho intramolecular Hbond substituents is 2. The second-order valence-corrected chi connectivity index (χ2v) is 6.01. The largest absolute Gasteiger partial charge is 0.507 e. The van der Waals surface area contributed by atoms with Crippen molar-refractivity contribution in [2.75, 3.05) is 0 Å². The van der Waals surface area contributed by atoms with Gasteiger partial charge in [-0.3, -0.25) is 30.2 Å². The van der Waals surface area contributed by atoms with Crippen LogP contribution in [0, 0.1) is 20.2 Å². The molecule has 0 spiro atoms. The van der Waals surface area contributed by atoms with E-state index in [2.05, 4.69) is 9.98 Å². The van der Waals surface area contributed by atoms with Crippen LogP contribution >= 0.6 is 0 Å². The molecule has 0 aromatic heterocycles. The van der Waals surface area contributed by atoms with Crippen molar-refractivity contribution in [3.05, 3.63) is 92.0 Å². The minimum absolute atomic E-state index is 0.152. The Hall–Kier alpha value is -4.60. The second kappa shape index (κ2) is 8.61. The van der Waals surface area contributed by atoms with E-state index in [1.54, 1.807) is 24.3 Å². The molecule has 0 aliphatic carbocycles. The molecule has 0 saturated heterocycles. The number of aliphatic imine (C=N–C) groups is 2. The van der Waals surface area contributed by atoms with Crippen LogP contribution in [0.5, 0.6) is 11.5 Å². The summed E-state index contributed by atoms with van der Waals surface area (Å²) in [5.41, 5.74) is 0.677. The summed E-state index contributed by atoms with van der Waals surface area (Å²) in [5.74, 6) is -0.348. The summed E-state index contributed by atoms with van der Waals surface area (Å²) in [7, 11) is 0. The van der Waals surface area contributed by atoms with E-state index in [9.17, 15) is 30.4 Å². The molecule has 3 aromatic carbocycles. The highest BCUT2D eigenvalue weighted by molar-refractivity contribution is 5.90. The van der Waals surface area contributed by atoms with Gasteiger partial charge in [0, 0.05) is 47.8 Å². The molecule has 0 fully saturated rings. The normalized spacial score (nSPS) is 11.2.